The number of carbonyl (C=O) groups excluding carboxylic acids is 1. The molecule has 0 bridgehead atoms. The van der Waals surface area contributed by atoms with Gasteiger partial charge >= 0.3 is 12.1 Å². The molecular formula is C26H29ClN2O5. The number of aliphatic carboxylic acids is 1. The Kier molecular flexibility index (Phi) is 6.12. The number of carboxylic acid groups (broad SMARTS) is 1. The Balaban J connectivity index is 2.17. The van der Waals surface area contributed by atoms with Gasteiger partial charge in [0.05, 0.1) is 23.9 Å². The Labute approximate surface area is 203 Å². The van der Waals surface area contributed by atoms with Crippen LogP contribution in [-0.2, 0) is 20.8 Å². The molecule has 1 amide bonds. The average molecular weight is 485 g/mol. The summed E-state index contributed by atoms with van der Waals surface area (Å²) in [6, 6.07) is 9.38. The second-order valence-corrected chi connectivity index (χ2v) is 9.98. The molecule has 1 aliphatic rings. The minimum Gasteiger partial charge on any atom is -0.479 e. The first-order valence-corrected chi connectivity index (χ1v) is 11.5. The van der Waals surface area contributed by atoms with E-state index < -0.39 is 23.8 Å². The van der Waals surface area contributed by atoms with E-state index in [4.69, 9.17) is 21.1 Å². The first kappa shape index (κ1) is 24.1. The standard InChI is InChI=1S/C26H29ClN2O5/c1-14-13-18-20(16-7-9-17(27)10-8-16)19(23(24(30)31)34-26(3,4)5)15(2)21-22(18)28(14)11-12-29(21)25(32)33-6/h7-10,13,23H,11-12H2,1-6H3,(H,30,31)/t23-/m0/s1. The Hall–Kier alpha value is -3.03. The summed E-state index contributed by atoms with van der Waals surface area (Å²) >= 11 is 6.16. The summed E-state index contributed by atoms with van der Waals surface area (Å²) in [5.74, 6) is -1.10. The topological polar surface area (TPSA) is 81.0 Å². The fraction of sp³-hybridized carbons (Fsp3) is 0.385. The van der Waals surface area contributed by atoms with Crippen LogP contribution in [0.4, 0.5) is 10.5 Å². The molecule has 1 atom stereocenters. The second kappa shape index (κ2) is 8.64. The predicted octanol–water partition coefficient (Wildman–Crippen LogP) is 6.11. The van der Waals surface area contributed by atoms with E-state index in [0.717, 1.165) is 27.7 Å². The van der Waals surface area contributed by atoms with Crippen molar-refractivity contribution in [3.63, 3.8) is 0 Å². The molecular weight excluding hydrogens is 456 g/mol. The Morgan fingerprint density at radius 2 is 1.76 bits per heavy atom. The van der Waals surface area contributed by atoms with Crippen LogP contribution in [0.25, 0.3) is 22.0 Å². The maximum absolute atomic E-state index is 12.7. The van der Waals surface area contributed by atoms with Gasteiger partial charge in [-0.2, -0.15) is 0 Å². The van der Waals surface area contributed by atoms with Crippen LogP contribution >= 0.6 is 11.6 Å². The van der Waals surface area contributed by atoms with Crippen molar-refractivity contribution < 1.29 is 24.2 Å². The number of halogens is 1. The van der Waals surface area contributed by atoms with Gasteiger partial charge in [-0.3, -0.25) is 4.90 Å². The zero-order chi connectivity index (χ0) is 24.9. The van der Waals surface area contributed by atoms with Gasteiger partial charge in [-0.1, -0.05) is 23.7 Å². The van der Waals surface area contributed by atoms with Gasteiger partial charge in [-0.05, 0) is 69.5 Å². The van der Waals surface area contributed by atoms with Gasteiger partial charge in [0.2, 0.25) is 0 Å². The van der Waals surface area contributed by atoms with Crippen molar-refractivity contribution >= 4 is 40.3 Å². The van der Waals surface area contributed by atoms with Crippen LogP contribution in [0, 0.1) is 13.8 Å². The van der Waals surface area contributed by atoms with E-state index in [9.17, 15) is 14.7 Å². The molecule has 0 spiro atoms. The zero-order valence-corrected chi connectivity index (χ0v) is 21.0. The highest BCUT2D eigenvalue weighted by molar-refractivity contribution is 6.30. The van der Waals surface area contributed by atoms with Crippen LogP contribution in [-0.4, -0.2) is 41.0 Å². The summed E-state index contributed by atoms with van der Waals surface area (Å²) < 4.78 is 13.3. The summed E-state index contributed by atoms with van der Waals surface area (Å²) in [6.07, 6.45) is -1.74. The lowest BCUT2D eigenvalue weighted by atomic mass is 9.87. The smallest absolute Gasteiger partial charge is 0.414 e. The molecule has 2 aromatic carbocycles. The van der Waals surface area contributed by atoms with Gasteiger partial charge in [-0.25, -0.2) is 9.59 Å². The van der Waals surface area contributed by atoms with Crippen LogP contribution in [0.15, 0.2) is 30.3 Å². The highest BCUT2D eigenvalue weighted by Crippen LogP contribution is 2.48. The average Bonchev–Trinajstić information content (AvgIpc) is 3.10. The molecule has 2 heterocycles. The van der Waals surface area contributed by atoms with Crippen molar-refractivity contribution in [1.29, 1.82) is 0 Å². The summed E-state index contributed by atoms with van der Waals surface area (Å²) in [5.41, 5.74) is 4.60. The molecule has 0 aliphatic carbocycles. The molecule has 0 radical (unpaired) electrons. The maximum atomic E-state index is 12.7. The summed E-state index contributed by atoms with van der Waals surface area (Å²) in [6.45, 7) is 10.4. The molecule has 34 heavy (non-hydrogen) atoms. The maximum Gasteiger partial charge on any atom is 0.414 e. The number of rotatable bonds is 4. The van der Waals surface area contributed by atoms with Crippen LogP contribution in [0.5, 0.6) is 0 Å². The van der Waals surface area contributed by atoms with Gasteiger partial charge in [0.1, 0.15) is 0 Å². The Bertz CT molecular complexity index is 1290. The SMILES string of the molecule is COC(=O)N1CCn2c(C)cc3c(-c4ccc(Cl)cc4)c([C@H](OC(C)(C)C)C(=O)O)c(C)c1c32. The molecule has 180 valence electrons. The van der Waals surface area contributed by atoms with Crippen LogP contribution in [0.1, 0.15) is 43.7 Å². The molecule has 1 aliphatic heterocycles. The number of methoxy groups -OCH3 is 1. The van der Waals surface area contributed by atoms with E-state index in [1.165, 1.54) is 7.11 Å². The van der Waals surface area contributed by atoms with E-state index in [-0.39, 0.29) is 0 Å². The van der Waals surface area contributed by atoms with Gasteiger partial charge in [0.15, 0.2) is 6.10 Å². The number of amides is 1. The van der Waals surface area contributed by atoms with Crippen molar-refractivity contribution in [2.75, 3.05) is 18.6 Å². The van der Waals surface area contributed by atoms with Crippen molar-refractivity contribution in [2.24, 2.45) is 0 Å². The minimum absolute atomic E-state index is 0.419. The molecule has 3 aromatic rings. The third-order valence-electron chi connectivity index (χ3n) is 6.13. The molecule has 0 saturated heterocycles. The van der Waals surface area contributed by atoms with Gasteiger partial charge in [-0.15, -0.1) is 0 Å². The van der Waals surface area contributed by atoms with Gasteiger partial charge < -0.3 is 19.1 Å². The number of aryl methyl sites for hydroxylation is 1. The second-order valence-electron chi connectivity index (χ2n) is 9.54. The highest BCUT2D eigenvalue weighted by atomic mass is 35.5. The van der Waals surface area contributed by atoms with Crippen molar-refractivity contribution in [3.05, 3.63) is 52.2 Å². The first-order chi connectivity index (χ1) is 15.9. The number of aromatic nitrogens is 1. The lowest BCUT2D eigenvalue weighted by molar-refractivity contribution is -0.160. The number of nitrogens with zero attached hydrogens (tertiary/aromatic N) is 2. The number of hydrogen-bond acceptors (Lipinski definition) is 4. The number of carboxylic acids is 1. The fourth-order valence-corrected chi connectivity index (χ4v) is 4.95. The van der Waals surface area contributed by atoms with Crippen molar-refractivity contribution in [1.82, 2.24) is 4.57 Å². The van der Waals surface area contributed by atoms with Crippen LogP contribution < -0.4 is 4.90 Å². The number of ether oxygens (including phenoxy) is 2. The van der Waals surface area contributed by atoms with Gasteiger partial charge in [0, 0.05) is 34.8 Å². The first-order valence-electron chi connectivity index (χ1n) is 11.1. The zero-order valence-electron chi connectivity index (χ0n) is 20.2. The summed E-state index contributed by atoms with van der Waals surface area (Å²) in [4.78, 5) is 26.9. The molecule has 8 heteroatoms. The number of carbonyl (C=O) groups is 2. The van der Waals surface area contributed by atoms with E-state index in [2.05, 4.69) is 4.57 Å². The van der Waals surface area contributed by atoms with Crippen LogP contribution in [0.3, 0.4) is 0 Å². The normalized spacial score (nSPS) is 14.4. The number of benzene rings is 2. The minimum atomic E-state index is -1.25. The summed E-state index contributed by atoms with van der Waals surface area (Å²) in [5, 5.41) is 11.7. The summed E-state index contributed by atoms with van der Waals surface area (Å²) in [7, 11) is 1.35. The molecule has 1 aromatic heterocycles. The Morgan fingerprint density at radius 3 is 2.32 bits per heavy atom. The molecule has 0 fully saturated rings. The largest absolute Gasteiger partial charge is 0.479 e. The third kappa shape index (κ3) is 4.03. The lowest BCUT2D eigenvalue weighted by Crippen LogP contribution is -2.38. The molecule has 7 nitrogen and oxygen atoms in total. The van der Waals surface area contributed by atoms with E-state index in [1.807, 2.05) is 52.8 Å². The van der Waals surface area contributed by atoms with Gasteiger partial charge in [0.25, 0.3) is 0 Å². The van der Waals surface area contributed by atoms with E-state index in [0.29, 0.717) is 34.9 Å². The van der Waals surface area contributed by atoms with Crippen molar-refractivity contribution in [3.8, 4) is 11.1 Å². The molecule has 0 saturated carbocycles. The van der Waals surface area contributed by atoms with E-state index >= 15 is 0 Å². The lowest BCUT2D eigenvalue weighted by Gasteiger charge is -2.34. The highest BCUT2D eigenvalue weighted by Gasteiger charge is 2.37. The molecule has 4 rings (SSSR count). The predicted molar refractivity (Wildman–Crippen MR) is 133 cm³/mol. The number of hydrogen-bond donors (Lipinski definition) is 1. The Morgan fingerprint density at radius 1 is 1.12 bits per heavy atom. The number of anilines is 1. The monoisotopic (exact) mass is 484 g/mol. The quantitative estimate of drug-likeness (QED) is 0.483. The van der Waals surface area contributed by atoms with Crippen molar-refractivity contribution in [2.45, 2.75) is 52.9 Å². The van der Waals surface area contributed by atoms with E-state index in [1.54, 1.807) is 17.0 Å². The fourth-order valence-electron chi connectivity index (χ4n) is 4.83. The van der Waals surface area contributed by atoms with Crippen LogP contribution in [0.2, 0.25) is 5.02 Å². The molecule has 1 N–H and O–H groups in total. The molecule has 0 unspecified atom stereocenters. The third-order valence-corrected chi connectivity index (χ3v) is 6.38.